The smallest absolute Gasteiger partial charge is 0.335 e. The lowest BCUT2D eigenvalue weighted by molar-refractivity contribution is -0.119. The molecule has 0 aliphatic carbocycles. The van der Waals surface area contributed by atoms with Gasteiger partial charge in [-0.15, -0.1) is 0 Å². The molecule has 0 saturated carbocycles. The normalized spacial score (nSPS) is 13.3. The number of hydrazone groups is 1. The standard InChI is InChI=1S/C7H6O2.C4H6N2O/c8-7(9)6-4-2-1-3-5-6;1-3-2-4(7)6-5-3/h1-5H,(H,8,9);2H2,1H3,(H,6,7). The summed E-state index contributed by atoms with van der Waals surface area (Å²) in [5, 5.41) is 12.0. The number of nitrogens with one attached hydrogen (secondary N) is 1. The van der Waals surface area contributed by atoms with Crippen LogP contribution in [-0.4, -0.2) is 22.7 Å². The molecule has 1 amide bonds. The third kappa shape index (κ3) is 3.91. The third-order valence-corrected chi connectivity index (χ3v) is 1.81. The molecule has 1 aromatic carbocycles. The highest BCUT2D eigenvalue weighted by Gasteiger charge is 2.07. The van der Waals surface area contributed by atoms with Gasteiger partial charge in [-0.25, -0.2) is 10.2 Å². The molecule has 0 saturated heterocycles. The van der Waals surface area contributed by atoms with E-state index < -0.39 is 5.97 Å². The summed E-state index contributed by atoms with van der Waals surface area (Å²) in [5.41, 5.74) is 3.52. The van der Waals surface area contributed by atoms with E-state index in [1.807, 2.05) is 6.92 Å². The molecule has 5 nitrogen and oxygen atoms in total. The van der Waals surface area contributed by atoms with Crippen LogP contribution >= 0.6 is 0 Å². The Morgan fingerprint density at radius 2 is 2.00 bits per heavy atom. The van der Waals surface area contributed by atoms with Gasteiger partial charge in [-0.05, 0) is 19.1 Å². The van der Waals surface area contributed by atoms with Gasteiger partial charge in [0.15, 0.2) is 0 Å². The Hall–Kier alpha value is -2.17. The van der Waals surface area contributed by atoms with E-state index in [0.717, 1.165) is 5.71 Å². The van der Waals surface area contributed by atoms with Crippen molar-refractivity contribution in [1.29, 1.82) is 0 Å². The van der Waals surface area contributed by atoms with Crippen molar-refractivity contribution in [3.8, 4) is 0 Å². The predicted molar refractivity (Wildman–Crippen MR) is 59.3 cm³/mol. The number of benzene rings is 1. The molecule has 16 heavy (non-hydrogen) atoms. The van der Waals surface area contributed by atoms with Crippen LogP contribution in [0.3, 0.4) is 0 Å². The van der Waals surface area contributed by atoms with Gasteiger partial charge in [-0.3, -0.25) is 4.79 Å². The first kappa shape index (κ1) is 11.9. The highest BCUT2D eigenvalue weighted by Crippen LogP contribution is 1.96. The quantitative estimate of drug-likeness (QED) is 0.748. The largest absolute Gasteiger partial charge is 0.478 e. The van der Waals surface area contributed by atoms with Gasteiger partial charge in [0.2, 0.25) is 5.91 Å². The summed E-state index contributed by atoms with van der Waals surface area (Å²) in [4.78, 5) is 20.4. The molecule has 1 aliphatic heterocycles. The zero-order chi connectivity index (χ0) is 12.0. The van der Waals surface area contributed by atoms with Crippen LogP contribution in [0.15, 0.2) is 35.4 Å². The molecule has 1 heterocycles. The summed E-state index contributed by atoms with van der Waals surface area (Å²) >= 11 is 0. The van der Waals surface area contributed by atoms with Crippen LogP contribution in [0, 0.1) is 0 Å². The second-order valence-electron chi connectivity index (χ2n) is 3.23. The van der Waals surface area contributed by atoms with Crippen molar-refractivity contribution >= 4 is 17.6 Å². The Kier molecular flexibility index (Phi) is 4.20. The molecule has 5 heteroatoms. The Bertz CT molecular complexity index is 412. The summed E-state index contributed by atoms with van der Waals surface area (Å²) in [7, 11) is 0. The van der Waals surface area contributed by atoms with Gasteiger partial charge >= 0.3 is 5.97 Å². The highest BCUT2D eigenvalue weighted by molar-refractivity contribution is 6.03. The number of carboxylic acids is 1. The van der Waals surface area contributed by atoms with E-state index in [0.29, 0.717) is 12.0 Å². The van der Waals surface area contributed by atoms with Gasteiger partial charge in [-0.2, -0.15) is 5.10 Å². The van der Waals surface area contributed by atoms with E-state index >= 15 is 0 Å². The Balaban J connectivity index is 0.000000165. The Morgan fingerprint density at radius 3 is 2.25 bits per heavy atom. The van der Waals surface area contributed by atoms with Crippen LogP contribution in [0.5, 0.6) is 0 Å². The number of amides is 1. The summed E-state index contributed by atoms with van der Waals surface area (Å²) in [5.74, 6) is -0.881. The average molecular weight is 220 g/mol. The minimum Gasteiger partial charge on any atom is -0.478 e. The number of nitrogens with zero attached hydrogens (tertiary/aromatic N) is 1. The number of carbonyl (C=O) groups excluding carboxylic acids is 1. The first-order valence-corrected chi connectivity index (χ1v) is 4.70. The molecule has 0 bridgehead atoms. The summed E-state index contributed by atoms with van der Waals surface area (Å²) < 4.78 is 0. The fraction of sp³-hybridized carbons (Fsp3) is 0.182. The number of carbonyl (C=O) groups is 2. The number of rotatable bonds is 1. The summed E-state index contributed by atoms with van der Waals surface area (Å²) in [6.45, 7) is 1.82. The van der Waals surface area contributed by atoms with Crippen molar-refractivity contribution < 1.29 is 14.7 Å². The van der Waals surface area contributed by atoms with Crippen molar-refractivity contribution in [1.82, 2.24) is 5.43 Å². The number of hydrogen-bond donors (Lipinski definition) is 2. The maximum Gasteiger partial charge on any atom is 0.335 e. The molecular weight excluding hydrogens is 208 g/mol. The molecule has 2 rings (SSSR count). The number of hydrogen-bond acceptors (Lipinski definition) is 3. The molecule has 0 aromatic heterocycles. The lowest BCUT2D eigenvalue weighted by atomic mass is 10.2. The molecular formula is C11H12N2O3. The van der Waals surface area contributed by atoms with E-state index in [4.69, 9.17) is 5.11 Å². The highest BCUT2D eigenvalue weighted by atomic mass is 16.4. The van der Waals surface area contributed by atoms with E-state index in [1.54, 1.807) is 30.3 Å². The monoisotopic (exact) mass is 220 g/mol. The van der Waals surface area contributed by atoms with E-state index in [9.17, 15) is 9.59 Å². The maximum atomic E-state index is 10.2. The van der Waals surface area contributed by atoms with Crippen LogP contribution in [0.4, 0.5) is 0 Å². The first-order chi connectivity index (χ1) is 7.59. The van der Waals surface area contributed by atoms with Gasteiger partial charge in [0, 0.05) is 5.71 Å². The Labute approximate surface area is 92.8 Å². The number of aromatic carboxylic acids is 1. The van der Waals surface area contributed by atoms with E-state index in [1.165, 1.54) is 0 Å². The average Bonchev–Trinajstić information content (AvgIpc) is 2.65. The Morgan fingerprint density at radius 1 is 1.38 bits per heavy atom. The van der Waals surface area contributed by atoms with Crippen LogP contribution in [0.1, 0.15) is 23.7 Å². The third-order valence-electron chi connectivity index (χ3n) is 1.81. The zero-order valence-electron chi connectivity index (χ0n) is 8.80. The molecule has 2 N–H and O–H groups in total. The number of carboxylic acid groups (broad SMARTS) is 1. The molecule has 0 spiro atoms. The van der Waals surface area contributed by atoms with E-state index in [2.05, 4.69) is 10.5 Å². The molecule has 0 atom stereocenters. The van der Waals surface area contributed by atoms with Gasteiger partial charge in [0.25, 0.3) is 0 Å². The first-order valence-electron chi connectivity index (χ1n) is 4.70. The minimum absolute atomic E-state index is 0.00231. The maximum absolute atomic E-state index is 10.2. The molecule has 84 valence electrons. The fourth-order valence-corrected chi connectivity index (χ4v) is 1.05. The van der Waals surface area contributed by atoms with Gasteiger partial charge in [0.1, 0.15) is 0 Å². The SMILES string of the molecule is CC1=NNC(=O)C1.O=C(O)c1ccccc1. The second-order valence-corrected chi connectivity index (χ2v) is 3.23. The molecule has 1 aromatic rings. The van der Waals surface area contributed by atoms with Gasteiger partial charge < -0.3 is 5.11 Å². The van der Waals surface area contributed by atoms with Crippen LogP contribution in [-0.2, 0) is 4.79 Å². The summed E-state index contributed by atoms with van der Waals surface area (Å²) in [6.07, 6.45) is 0.472. The van der Waals surface area contributed by atoms with Crippen molar-refractivity contribution in [2.45, 2.75) is 13.3 Å². The van der Waals surface area contributed by atoms with Gasteiger partial charge in [0.05, 0.1) is 12.0 Å². The molecule has 0 radical (unpaired) electrons. The zero-order valence-corrected chi connectivity index (χ0v) is 8.80. The molecule has 0 fully saturated rings. The van der Waals surface area contributed by atoms with Crippen molar-refractivity contribution in [3.63, 3.8) is 0 Å². The lowest BCUT2D eigenvalue weighted by Gasteiger charge is -1.88. The van der Waals surface area contributed by atoms with Crippen LogP contribution in [0.25, 0.3) is 0 Å². The lowest BCUT2D eigenvalue weighted by Crippen LogP contribution is -2.08. The van der Waals surface area contributed by atoms with Crippen LogP contribution < -0.4 is 5.43 Å². The second kappa shape index (κ2) is 5.65. The minimum atomic E-state index is -0.879. The van der Waals surface area contributed by atoms with Gasteiger partial charge in [-0.1, -0.05) is 18.2 Å². The van der Waals surface area contributed by atoms with Crippen molar-refractivity contribution in [2.24, 2.45) is 5.10 Å². The topological polar surface area (TPSA) is 78.8 Å². The summed E-state index contributed by atoms with van der Waals surface area (Å²) in [6, 6.07) is 8.30. The molecule has 1 aliphatic rings. The predicted octanol–water partition coefficient (Wildman–Crippen LogP) is 1.27. The fourth-order valence-electron chi connectivity index (χ4n) is 1.05. The van der Waals surface area contributed by atoms with Crippen molar-refractivity contribution in [2.75, 3.05) is 0 Å². The molecule has 0 unspecified atom stereocenters. The van der Waals surface area contributed by atoms with Crippen LogP contribution in [0.2, 0.25) is 0 Å². The van der Waals surface area contributed by atoms with E-state index in [-0.39, 0.29) is 5.91 Å². The van der Waals surface area contributed by atoms with Crippen molar-refractivity contribution in [3.05, 3.63) is 35.9 Å².